The highest BCUT2D eigenvalue weighted by Crippen LogP contribution is 2.30. The van der Waals surface area contributed by atoms with Crippen molar-refractivity contribution in [1.29, 1.82) is 0 Å². The molecule has 4 rings (SSSR count). The highest BCUT2D eigenvalue weighted by molar-refractivity contribution is 7.14. The van der Waals surface area contributed by atoms with Crippen molar-refractivity contribution in [3.05, 3.63) is 57.0 Å². The van der Waals surface area contributed by atoms with Crippen LogP contribution in [0.25, 0.3) is 0 Å². The van der Waals surface area contributed by atoms with Crippen molar-refractivity contribution in [3.8, 4) is 0 Å². The molecule has 3 heterocycles. The van der Waals surface area contributed by atoms with Crippen molar-refractivity contribution in [2.75, 3.05) is 19.6 Å². The minimum absolute atomic E-state index is 0.0905. The Kier molecular flexibility index (Phi) is 5.25. The first-order valence-corrected chi connectivity index (χ1v) is 10.4. The van der Waals surface area contributed by atoms with Crippen molar-refractivity contribution >= 4 is 23.2 Å². The summed E-state index contributed by atoms with van der Waals surface area (Å²) in [5, 5.41) is 0. The maximum Gasteiger partial charge on any atom is 0.263 e. The van der Waals surface area contributed by atoms with Crippen LogP contribution in [0.4, 0.5) is 4.39 Å². The van der Waals surface area contributed by atoms with Gasteiger partial charge in [0.25, 0.3) is 11.8 Å². The van der Waals surface area contributed by atoms with Crippen LogP contribution in [0.15, 0.2) is 30.3 Å². The minimum Gasteiger partial charge on any atom is -0.338 e. The molecular formula is C21H23FN2O2S. The van der Waals surface area contributed by atoms with Crippen molar-refractivity contribution in [2.24, 2.45) is 0 Å². The van der Waals surface area contributed by atoms with E-state index in [1.807, 2.05) is 11.0 Å². The number of likely N-dealkylation sites (tertiary alicyclic amines) is 1. The van der Waals surface area contributed by atoms with Gasteiger partial charge in [-0.3, -0.25) is 9.59 Å². The number of hydrogen-bond donors (Lipinski definition) is 0. The number of carbonyl (C=O) groups excluding carboxylic acids is 2. The minimum atomic E-state index is -0.345. The summed E-state index contributed by atoms with van der Waals surface area (Å²) in [6.45, 7) is 2.82. The maximum atomic E-state index is 13.1. The molecule has 27 heavy (non-hydrogen) atoms. The number of rotatable bonds is 2. The lowest BCUT2D eigenvalue weighted by Crippen LogP contribution is -2.35. The van der Waals surface area contributed by atoms with E-state index >= 15 is 0 Å². The third-order valence-electron chi connectivity index (χ3n) is 5.35. The number of halogens is 1. The number of benzene rings is 1. The molecular weight excluding hydrogens is 363 g/mol. The van der Waals surface area contributed by atoms with Crippen LogP contribution in [-0.2, 0) is 13.0 Å². The van der Waals surface area contributed by atoms with Crippen LogP contribution in [0.5, 0.6) is 0 Å². The van der Waals surface area contributed by atoms with Crippen LogP contribution < -0.4 is 0 Å². The second-order valence-electron chi connectivity index (χ2n) is 7.25. The Morgan fingerprint density at radius 2 is 1.59 bits per heavy atom. The zero-order valence-corrected chi connectivity index (χ0v) is 16.1. The molecule has 1 fully saturated rings. The maximum absolute atomic E-state index is 13.1. The average Bonchev–Trinajstić information content (AvgIpc) is 2.92. The van der Waals surface area contributed by atoms with E-state index in [1.54, 1.807) is 16.2 Å². The molecule has 0 radical (unpaired) electrons. The Hall–Kier alpha value is -2.21. The van der Waals surface area contributed by atoms with Crippen molar-refractivity contribution in [3.63, 3.8) is 0 Å². The van der Waals surface area contributed by atoms with Crippen LogP contribution in [0, 0.1) is 5.82 Å². The Bertz CT molecular complexity index is 838. The van der Waals surface area contributed by atoms with Gasteiger partial charge in [0.05, 0.1) is 4.88 Å². The Labute approximate surface area is 162 Å². The lowest BCUT2D eigenvalue weighted by atomic mass is 10.1. The fourth-order valence-electron chi connectivity index (χ4n) is 3.82. The van der Waals surface area contributed by atoms with Gasteiger partial charge in [-0.25, -0.2) is 4.39 Å². The lowest BCUT2D eigenvalue weighted by Gasteiger charge is -2.27. The summed E-state index contributed by atoms with van der Waals surface area (Å²) in [4.78, 5) is 31.3. The number of amides is 2. The predicted octanol–water partition coefficient (Wildman–Crippen LogP) is 4.10. The summed E-state index contributed by atoms with van der Waals surface area (Å²) < 4.78 is 13.1. The first kappa shape index (κ1) is 18.2. The third-order valence-corrected chi connectivity index (χ3v) is 6.57. The van der Waals surface area contributed by atoms with E-state index < -0.39 is 0 Å². The molecule has 2 aromatic rings. The zero-order valence-electron chi connectivity index (χ0n) is 15.2. The van der Waals surface area contributed by atoms with E-state index in [0.717, 1.165) is 42.8 Å². The van der Waals surface area contributed by atoms with Crippen LogP contribution >= 0.6 is 11.3 Å². The Morgan fingerprint density at radius 3 is 2.30 bits per heavy atom. The summed E-state index contributed by atoms with van der Waals surface area (Å²) >= 11 is 1.58. The highest BCUT2D eigenvalue weighted by atomic mass is 32.1. The number of fused-ring (bicyclic) bond motifs is 1. The van der Waals surface area contributed by atoms with E-state index in [9.17, 15) is 14.0 Å². The van der Waals surface area contributed by atoms with Gasteiger partial charge < -0.3 is 9.80 Å². The predicted molar refractivity (Wildman–Crippen MR) is 104 cm³/mol. The van der Waals surface area contributed by atoms with Gasteiger partial charge in [-0.2, -0.15) is 0 Å². The van der Waals surface area contributed by atoms with Crippen LogP contribution in [0.3, 0.4) is 0 Å². The van der Waals surface area contributed by atoms with Crippen LogP contribution in [-0.4, -0.2) is 41.2 Å². The molecule has 1 aromatic carbocycles. The quantitative estimate of drug-likeness (QED) is 0.780. The normalized spacial score (nSPS) is 17.4. The van der Waals surface area contributed by atoms with Crippen molar-refractivity contribution in [1.82, 2.24) is 9.80 Å². The summed E-state index contributed by atoms with van der Waals surface area (Å²) in [6.07, 6.45) is 5.32. The fraction of sp³-hybridized carbons (Fsp3) is 0.429. The zero-order chi connectivity index (χ0) is 18.8. The molecule has 0 N–H and O–H groups in total. The lowest BCUT2D eigenvalue weighted by molar-refractivity contribution is 0.0735. The summed E-state index contributed by atoms with van der Waals surface area (Å²) in [6, 6.07) is 7.64. The number of thiophene rings is 1. The van der Waals surface area contributed by atoms with Crippen LogP contribution in [0.1, 0.15) is 56.2 Å². The smallest absolute Gasteiger partial charge is 0.263 e. The summed E-state index contributed by atoms with van der Waals surface area (Å²) in [5.41, 5.74) is 1.57. The fourth-order valence-corrected chi connectivity index (χ4v) is 4.95. The second kappa shape index (κ2) is 7.80. The van der Waals surface area contributed by atoms with Gasteiger partial charge >= 0.3 is 0 Å². The first-order chi connectivity index (χ1) is 13.1. The van der Waals surface area contributed by atoms with Gasteiger partial charge in [-0.15, -0.1) is 11.3 Å². The molecule has 0 unspecified atom stereocenters. The van der Waals surface area contributed by atoms with Crippen molar-refractivity contribution in [2.45, 2.75) is 38.6 Å². The molecule has 0 saturated carbocycles. The Balaban J connectivity index is 1.48. The molecule has 0 aliphatic carbocycles. The van der Waals surface area contributed by atoms with E-state index in [-0.39, 0.29) is 17.6 Å². The molecule has 2 aliphatic rings. The van der Waals surface area contributed by atoms with Gasteiger partial charge in [-0.1, -0.05) is 12.8 Å². The standard InChI is InChI=1S/C21H23FN2O2S/c22-17-7-5-15(6-8-17)20(25)24-12-9-18-16(14-24)13-19(27-18)21(26)23-10-3-1-2-4-11-23/h5-8,13H,1-4,9-12,14H2. The monoisotopic (exact) mass is 386 g/mol. The summed E-state index contributed by atoms with van der Waals surface area (Å²) in [7, 11) is 0. The van der Waals surface area contributed by atoms with Gasteiger partial charge in [0.2, 0.25) is 0 Å². The number of carbonyl (C=O) groups is 2. The van der Waals surface area contributed by atoms with E-state index in [0.29, 0.717) is 18.7 Å². The largest absolute Gasteiger partial charge is 0.338 e. The van der Waals surface area contributed by atoms with Gasteiger partial charge in [0, 0.05) is 36.6 Å². The summed E-state index contributed by atoms with van der Waals surface area (Å²) in [5.74, 6) is -0.304. The molecule has 0 atom stereocenters. The highest BCUT2D eigenvalue weighted by Gasteiger charge is 2.26. The first-order valence-electron chi connectivity index (χ1n) is 9.57. The van der Waals surface area contributed by atoms with Crippen molar-refractivity contribution < 1.29 is 14.0 Å². The van der Waals surface area contributed by atoms with Crippen LogP contribution in [0.2, 0.25) is 0 Å². The topological polar surface area (TPSA) is 40.6 Å². The van der Waals surface area contributed by atoms with E-state index in [1.165, 1.54) is 42.0 Å². The average molecular weight is 386 g/mol. The van der Waals surface area contributed by atoms with Gasteiger partial charge in [0.15, 0.2) is 0 Å². The molecule has 142 valence electrons. The third kappa shape index (κ3) is 3.90. The molecule has 1 saturated heterocycles. The van der Waals surface area contributed by atoms with E-state index in [2.05, 4.69) is 0 Å². The Morgan fingerprint density at radius 1 is 0.889 bits per heavy atom. The van der Waals surface area contributed by atoms with Gasteiger partial charge in [0.1, 0.15) is 5.82 Å². The molecule has 1 aromatic heterocycles. The molecule has 0 bridgehead atoms. The second-order valence-corrected chi connectivity index (χ2v) is 8.39. The molecule has 0 spiro atoms. The molecule has 2 aliphatic heterocycles. The molecule has 2 amide bonds. The molecule has 4 nitrogen and oxygen atoms in total. The van der Waals surface area contributed by atoms with Gasteiger partial charge in [-0.05, 0) is 55.2 Å². The van der Waals surface area contributed by atoms with E-state index in [4.69, 9.17) is 0 Å². The number of hydrogen-bond acceptors (Lipinski definition) is 3. The SMILES string of the molecule is O=C(c1ccc(F)cc1)N1CCc2sc(C(=O)N3CCCCCC3)cc2C1. The molecule has 6 heteroatoms. The number of nitrogens with zero attached hydrogens (tertiary/aromatic N) is 2.